The van der Waals surface area contributed by atoms with E-state index in [2.05, 4.69) is 6.07 Å². The quantitative estimate of drug-likeness (QED) is 0.815. The number of rotatable bonds is 3. The fraction of sp³-hybridized carbons (Fsp3) is 0.0714. The SMILES string of the molecule is N#Cc1ccc(OCc2cccc(N)c2)cc1. The van der Waals surface area contributed by atoms with E-state index in [1.54, 1.807) is 24.3 Å². The van der Waals surface area contributed by atoms with Crippen molar-refractivity contribution in [3.63, 3.8) is 0 Å². The highest BCUT2D eigenvalue weighted by Crippen LogP contribution is 2.14. The normalized spacial score (nSPS) is 9.59. The summed E-state index contributed by atoms with van der Waals surface area (Å²) in [5, 5.41) is 8.66. The van der Waals surface area contributed by atoms with E-state index < -0.39 is 0 Å². The third-order valence-corrected chi connectivity index (χ3v) is 2.34. The Morgan fingerprint density at radius 1 is 1.12 bits per heavy atom. The second-order valence-corrected chi connectivity index (χ2v) is 3.67. The van der Waals surface area contributed by atoms with Crippen molar-refractivity contribution in [2.75, 3.05) is 5.73 Å². The third kappa shape index (κ3) is 2.99. The maximum absolute atomic E-state index is 8.66. The van der Waals surface area contributed by atoms with Crippen molar-refractivity contribution in [2.45, 2.75) is 6.61 Å². The second kappa shape index (κ2) is 5.04. The van der Waals surface area contributed by atoms with Crippen molar-refractivity contribution in [3.8, 4) is 11.8 Å². The Labute approximate surface area is 100 Å². The first-order valence-electron chi connectivity index (χ1n) is 5.25. The number of ether oxygens (including phenoxy) is 1. The van der Waals surface area contributed by atoms with E-state index in [0.717, 1.165) is 17.0 Å². The van der Waals surface area contributed by atoms with Gasteiger partial charge in [-0.15, -0.1) is 0 Å². The molecule has 0 bridgehead atoms. The summed E-state index contributed by atoms with van der Waals surface area (Å²) in [7, 11) is 0. The van der Waals surface area contributed by atoms with Crippen molar-refractivity contribution >= 4 is 5.69 Å². The van der Waals surface area contributed by atoms with Gasteiger partial charge in [-0.1, -0.05) is 12.1 Å². The zero-order valence-corrected chi connectivity index (χ0v) is 9.26. The summed E-state index contributed by atoms with van der Waals surface area (Å²) >= 11 is 0. The molecule has 0 fully saturated rings. The average Bonchev–Trinajstić information content (AvgIpc) is 2.37. The van der Waals surface area contributed by atoms with Crippen LogP contribution in [0.15, 0.2) is 48.5 Å². The van der Waals surface area contributed by atoms with Crippen LogP contribution in [0.4, 0.5) is 5.69 Å². The van der Waals surface area contributed by atoms with Crippen LogP contribution in [0.5, 0.6) is 5.75 Å². The predicted octanol–water partition coefficient (Wildman–Crippen LogP) is 2.72. The van der Waals surface area contributed by atoms with Crippen molar-refractivity contribution in [1.29, 1.82) is 5.26 Å². The van der Waals surface area contributed by atoms with Gasteiger partial charge in [0.25, 0.3) is 0 Å². The molecule has 0 amide bonds. The lowest BCUT2D eigenvalue weighted by molar-refractivity contribution is 0.306. The van der Waals surface area contributed by atoms with Gasteiger partial charge in [0.1, 0.15) is 12.4 Å². The van der Waals surface area contributed by atoms with Gasteiger partial charge in [0.15, 0.2) is 0 Å². The molecular formula is C14H12N2O. The number of hydrogen-bond donors (Lipinski definition) is 1. The molecule has 0 radical (unpaired) electrons. The zero-order chi connectivity index (χ0) is 12.1. The highest BCUT2D eigenvalue weighted by Gasteiger charge is 1.97. The van der Waals surface area contributed by atoms with Gasteiger partial charge >= 0.3 is 0 Å². The predicted molar refractivity (Wildman–Crippen MR) is 66.3 cm³/mol. The molecule has 2 aromatic rings. The minimum Gasteiger partial charge on any atom is -0.489 e. The van der Waals surface area contributed by atoms with Crippen LogP contribution in [-0.4, -0.2) is 0 Å². The lowest BCUT2D eigenvalue weighted by Gasteiger charge is -2.06. The first kappa shape index (κ1) is 11.0. The molecular weight excluding hydrogens is 212 g/mol. The minimum absolute atomic E-state index is 0.469. The first-order chi connectivity index (χ1) is 8.28. The number of nitrogens with two attached hydrogens (primary N) is 1. The highest BCUT2D eigenvalue weighted by atomic mass is 16.5. The molecule has 0 spiro atoms. The van der Waals surface area contributed by atoms with Crippen molar-refractivity contribution < 1.29 is 4.74 Å². The molecule has 17 heavy (non-hydrogen) atoms. The number of nitrogen functional groups attached to an aromatic ring is 1. The average molecular weight is 224 g/mol. The monoisotopic (exact) mass is 224 g/mol. The van der Waals surface area contributed by atoms with Crippen LogP contribution >= 0.6 is 0 Å². The minimum atomic E-state index is 0.469. The van der Waals surface area contributed by atoms with Crippen LogP contribution < -0.4 is 10.5 Å². The number of hydrogen-bond acceptors (Lipinski definition) is 3. The van der Waals surface area contributed by atoms with E-state index in [9.17, 15) is 0 Å². The lowest BCUT2D eigenvalue weighted by Crippen LogP contribution is -1.96. The van der Waals surface area contributed by atoms with Crippen LogP contribution in [0.25, 0.3) is 0 Å². The Morgan fingerprint density at radius 2 is 1.88 bits per heavy atom. The van der Waals surface area contributed by atoms with Gasteiger partial charge in [0.2, 0.25) is 0 Å². The summed E-state index contributed by atoms with van der Waals surface area (Å²) in [6.45, 7) is 0.469. The van der Waals surface area contributed by atoms with Crippen LogP contribution in [0.2, 0.25) is 0 Å². The number of nitrogens with zero attached hydrogens (tertiary/aromatic N) is 1. The Morgan fingerprint density at radius 3 is 2.53 bits per heavy atom. The number of benzene rings is 2. The molecule has 0 aliphatic heterocycles. The summed E-state index contributed by atoms with van der Waals surface area (Å²) in [5.41, 5.74) is 8.05. The van der Waals surface area contributed by atoms with Gasteiger partial charge in [-0.05, 0) is 42.0 Å². The first-order valence-corrected chi connectivity index (χ1v) is 5.25. The molecule has 0 unspecified atom stereocenters. The van der Waals surface area contributed by atoms with Crippen LogP contribution in [0, 0.1) is 11.3 Å². The van der Waals surface area contributed by atoms with E-state index in [1.165, 1.54) is 0 Å². The molecule has 0 saturated carbocycles. The molecule has 0 atom stereocenters. The molecule has 0 saturated heterocycles. The van der Waals surface area contributed by atoms with Crippen molar-refractivity contribution in [3.05, 3.63) is 59.7 Å². The summed E-state index contributed by atoms with van der Waals surface area (Å²) in [6, 6.07) is 16.7. The molecule has 3 nitrogen and oxygen atoms in total. The molecule has 2 aromatic carbocycles. The van der Waals surface area contributed by atoms with Gasteiger partial charge in [-0.25, -0.2) is 0 Å². The van der Waals surface area contributed by atoms with E-state index in [4.69, 9.17) is 15.7 Å². The Kier molecular flexibility index (Phi) is 3.27. The smallest absolute Gasteiger partial charge is 0.119 e. The number of anilines is 1. The number of nitriles is 1. The van der Waals surface area contributed by atoms with E-state index >= 15 is 0 Å². The van der Waals surface area contributed by atoms with Gasteiger partial charge in [0.05, 0.1) is 11.6 Å². The molecule has 0 heterocycles. The molecule has 0 aliphatic carbocycles. The highest BCUT2D eigenvalue weighted by molar-refractivity contribution is 5.40. The van der Waals surface area contributed by atoms with E-state index in [0.29, 0.717) is 12.2 Å². The topological polar surface area (TPSA) is 59.0 Å². The van der Waals surface area contributed by atoms with Crippen LogP contribution in [0.3, 0.4) is 0 Å². The van der Waals surface area contributed by atoms with Gasteiger partial charge < -0.3 is 10.5 Å². The largest absolute Gasteiger partial charge is 0.489 e. The molecule has 2 rings (SSSR count). The molecule has 0 aromatic heterocycles. The van der Waals surface area contributed by atoms with E-state index in [1.807, 2.05) is 24.3 Å². The lowest BCUT2D eigenvalue weighted by atomic mass is 10.2. The van der Waals surface area contributed by atoms with Crippen molar-refractivity contribution in [1.82, 2.24) is 0 Å². The van der Waals surface area contributed by atoms with E-state index in [-0.39, 0.29) is 0 Å². The van der Waals surface area contributed by atoms with Crippen molar-refractivity contribution in [2.24, 2.45) is 0 Å². The Bertz CT molecular complexity index is 541. The third-order valence-electron chi connectivity index (χ3n) is 2.34. The fourth-order valence-corrected chi connectivity index (χ4v) is 1.48. The van der Waals surface area contributed by atoms with Gasteiger partial charge in [0, 0.05) is 5.69 Å². The molecule has 2 N–H and O–H groups in total. The summed E-state index contributed by atoms with van der Waals surface area (Å²) in [4.78, 5) is 0. The summed E-state index contributed by atoms with van der Waals surface area (Å²) in [5.74, 6) is 0.742. The maximum atomic E-state index is 8.66. The molecule has 84 valence electrons. The molecule has 3 heteroatoms. The standard InChI is InChI=1S/C14H12N2O/c15-9-11-4-6-14(7-5-11)17-10-12-2-1-3-13(16)8-12/h1-8H,10,16H2. The Balaban J connectivity index is 2.00. The molecule has 0 aliphatic rings. The maximum Gasteiger partial charge on any atom is 0.119 e. The van der Waals surface area contributed by atoms with Gasteiger partial charge in [-0.2, -0.15) is 5.26 Å². The van der Waals surface area contributed by atoms with Crippen LogP contribution in [-0.2, 0) is 6.61 Å². The second-order valence-electron chi connectivity index (χ2n) is 3.67. The summed E-state index contributed by atoms with van der Waals surface area (Å²) in [6.07, 6.45) is 0. The van der Waals surface area contributed by atoms with Gasteiger partial charge in [-0.3, -0.25) is 0 Å². The Hall–Kier alpha value is -2.47. The fourth-order valence-electron chi connectivity index (χ4n) is 1.48. The van der Waals surface area contributed by atoms with Crippen LogP contribution in [0.1, 0.15) is 11.1 Å². The zero-order valence-electron chi connectivity index (χ0n) is 9.26. The summed E-state index contributed by atoms with van der Waals surface area (Å²) < 4.78 is 5.58.